The molecule has 0 saturated carbocycles. The molecule has 39 heavy (non-hydrogen) atoms. The summed E-state index contributed by atoms with van der Waals surface area (Å²) in [6.45, 7) is 3.05. The highest BCUT2D eigenvalue weighted by atomic mass is 32.2. The average molecular weight is 549 g/mol. The van der Waals surface area contributed by atoms with Gasteiger partial charge in [0.1, 0.15) is 5.69 Å². The van der Waals surface area contributed by atoms with E-state index in [9.17, 15) is 18.5 Å². The molecule has 0 amide bonds. The SMILES string of the molecule is O=[N+]([O-])c1cc(S(=O)(=O)N2CCC(N3CCCCC3)CC2)ccc1NC(Cc1ccccc1)c1ccccc1. The Morgan fingerprint density at radius 2 is 1.51 bits per heavy atom. The maximum Gasteiger partial charge on any atom is 0.293 e. The van der Waals surface area contributed by atoms with Crippen LogP contribution in [0.4, 0.5) is 11.4 Å². The Kier molecular flexibility index (Phi) is 8.60. The van der Waals surface area contributed by atoms with Crippen LogP contribution in [0.2, 0.25) is 0 Å². The number of nitrogens with zero attached hydrogens (tertiary/aromatic N) is 3. The van der Waals surface area contributed by atoms with Crippen LogP contribution in [0.5, 0.6) is 0 Å². The molecule has 0 aliphatic carbocycles. The molecule has 0 aromatic heterocycles. The number of anilines is 1. The lowest BCUT2D eigenvalue weighted by molar-refractivity contribution is -0.384. The molecule has 0 radical (unpaired) electrons. The lowest BCUT2D eigenvalue weighted by atomic mass is 9.98. The zero-order chi connectivity index (χ0) is 27.2. The van der Waals surface area contributed by atoms with Crippen LogP contribution in [0.1, 0.15) is 49.3 Å². The van der Waals surface area contributed by atoms with E-state index >= 15 is 0 Å². The molecule has 2 aliphatic heterocycles. The summed E-state index contributed by atoms with van der Waals surface area (Å²) in [6.07, 6.45) is 5.89. The van der Waals surface area contributed by atoms with Crippen LogP contribution < -0.4 is 5.32 Å². The maximum absolute atomic E-state index is 13.5. The standard InChI is InChI=1S/C30H36N4O4S/c35-34(36)30-23-27(39(37,38)33-20-16-26(17-21-33)32-18-8-3-9-19-32)14-15-28(30)31-29(25-12-6-2-7-13-25)22-24-10-4-1-5-11-24/h1-2,4-7,10-15,23,26,29,31H,3,8-9,16-22H2. The summed E-state index contributed by atoms with van der Waals surface area (Å²) >= 11 is 0. The molecule has 0 bridgehead atoms. The molecule has 2 heterocycles. The van der Waals surface area contributed by atoms with Crippen LogP contribution in [-0.2, 0) is 16.4 Å². The quantitative estimate of drug-likeness (QED) is 0.275. The Morgan fingerprint density at radius 3 is 2.15 bits per heavy atom. The van der Waals surface area contributed by atoms with Gasteiger partial charge in [-0.05, 0) is 68.5 Å². The Balaban J connectivity index is 1.35. The molecule has 3 aromatic carbocycles. The monoisotopic (exact) mass is 548 g/mol. The minimum Gasteiger partial charge on any atom is -0.372 e. The van der Waals surface area contributed by atoms with Crippen molar-refractivity contribution in [3.8, 4) is 0 Å². The van der Waals surface area contributed by atoms with Crippen molar-refractivity contribution in [1.82, 2.24) is 9.21 Å². The van der Waals surface area contributed by atoms with Crippen molar-refractivity contribution in [2.24, 2.45) is 0 Å². The van der Waals surface area contributed by atoms with E-state index in [2.05, 4.69) is 10.2 Å². The Bertz CT molecular complexity index is 1350. The van der Waals surface area contributed by atoms with Crippen molar-refractivity contribution < 1.29 is 13.3 Å². The first-order valence-corrected chi connectivity index (χ1v) is 15.2. The highest BCUT2D eigenvalue weighted by molar-refractivity contribution is 7.89. The fraction of sp³-hybridized carbons (Fsp3) is 0.400. The number of hydrogen-bond donors (Lipinski definition) is 1. The van der Waals surface area contributed by atoms with E-state index in [1.807, 2.05) is 60.7 Å². The van der Waals surface area contributed by atoms with E-state index in [0.29, 0.717) is 31.2 Å². The molecule has 0 spiro atoms. The van der Waals surface area contributed by atoms with E-state index < -0.39 is 14.9 Å². The summed E-state index contributed by atoms with van der Waals surface area (Å²) in [7, 11) is -3.84. The van der Waals surface area contributed by atoms with Crippen molar-refractivity contribution in [3.05, 3.63) is 100 Å². The molecular formula is C30H36N4O4S. The Hall–Kier alpha value is -3.27. The fourth-order valence-corrected chi connectivity index (χ4v) is 7.29. The average Bonchev–Trinajstić information content (AvgIpc) is 2.98. The van der Waals surface area contributed by atoms with Gasteiger partial charge in [-0.15, -0.1) is 0 Å². The van der Waals surface area contributed by atoms with Gasteiger partial charge in [-0.1, -0.05) is 67.1 Å². The smallest absolute Gasteiger partial charge is 0.293 e. The largest absolute Gasteiger partial charge is 0.372 e. The number of hydrogen-bond acceptors (Lipinski definition) is 6. The number of piperidine rings is 2. The van der Waals surface area contributed by atoms with E-state index in [1.54, 1.807) is 0 Å². The van der Waals surface area contributed by atoms with E-state index in [4.69, 9.17) is 0 Å². The molecule has 3 aromatic rings. The van der Waals surface area contributed by atoms with Gasteiger partial charge < -0.3 is 10.2 Å². The minimum atomic E-state index is -3.84. The lowest BCUT2D eigenvalue weighted by Crippen LogP contribution is -2.48. The zero-order valence-corrected chi connectivity index (χ0v) is 22.9. The third-order valence-electron chi connectivity index (χ3n) is 7.95. The Morgan fingerprint density at radius 1 is 0.872 bits per heavy atom. The predicted octanol–water partition coefficient (Wildman–Crippen LogP) is 5.63. The molecule has 2 aliphatic rings. The first-order chi connectivity index (χ1) is 18.9. The highest BCUT2D eigenvalue weighted by Gasteiger charge is 2.33. The van der Waals surface area contributed by atoms with Crippen LogP contribution in [0.25, 0.3) is 0 Å². The number of nitro benzene ring substituents is 1. The molecule has 9 heteroatoms. The van der Waals surface area contributed by atoms with Crippen molar-refractivity contribution in [3.63, 3.8) is 0 Å². The number of nitro groups is 1. The molecule has 5 rings (SSSR count). The van der Waals surface area contributed by atoms with Gasteiger partial charge in [0.2, 0.25) is 10.0 Å². The van der Waals surface area contributed by atoms with Gasteiger partial charge in [0, 0.05) is 25.2 Å². The van der Waals surface area contributed by atoms with Crippen molar-refractivity contribution in [2.75, 3.05) is 31.5 Å². The summed E-state index contributed by atoms with van der Waals surface area (Å²) in [5.74, 6) is 0. The second kappa shape index (κ2) is 12.3. The second-order valence-corrected chi connectivity index (χ2v) is 12.4. The topological polar surface area (TPSA) is 95.8 Å². The van der Waals surface area contributed by atoms with Gasteiger partial charge >= 0.3 is 0 Å². The fourth-order valence-electron chi connectivity index (χ4n) is 5.80. The van der Waals surface area contributed by atoms with Gasteiger partial charge in [-0.2, -0.15) is 4.31 Å². The van der Waals surface area contributed by atoms with Gasteiger partial charge in [0.25, 0.3) is 5.69 Å². The third-order valence-corrected chi connectivity index (χ3v) is 9.84. The molecule has 1 unspecified atom stereocenters. The highest BCUT2D eigenvalue weighted by Crippen LogP contribution is 2.34. The van der Waals surface area contributed by atoms with Crippen LogP contribution in [0.3, 0.4) is 0 Å². The Labute approximate surface area is 230 Å². The van der Waals surface area contributed by atoms with Crippen LogP contribution in [0.15, 0.2) is 83.8 Å². The molecular weight excluding hydrogens is 512 g/mol. The molecule has 2 saturated heterocycles. The minimum absolute atomic E-state index is 0.0320. The van der Waals surface area contributed by atoms with Gasteiger partial charge in [-0.25, -0.2) is 8.42 Å². The van der Waals surface area contributed by atoms with Crippen molar-refractivity contribution in [2.45, 2.75) is 55.5 Å². The lowest BCUT2D eigenvalue weighted by Gasteiger charge is -2.39. The summed E-state index contributed by atoms with van der Waals surface area (Å²) in [5, 5.41) is 15.5. The van der Waals surface area contributed by atoms with Gasteiger partial charge in [-0.3, -0.25) is 10.1 Å². The number of benzene rings is 3. The molecule has 1 atom stereocenters. The first-order valence-electron chi connectivity index (χ1n) is 13.8. The van der Waals surface area contributed by atoms with Crippen LogP contribution in [-0.4, -0.2) is 54.8 Å². The van der Waals surface area contributed by atoms with Crippen molar-refractivity contribution in [1.29, 1.82) is 0 Å². The van der Waals surface area contributed by atoms with Crippen LogP contribution >= 0.6 is 0 Å². The van der Waals surface area contributed by atoms with Crippen molar-refractivity contribution >= 4 is 21.4 Å². The predicted molar refractivity (Wildman–Crippen MR) is 153 cm³/mol. The van der Waals surface area contributed by atoms with Crippen LogP contribution in [0, 0.1) is 10.1 Å². The molecule has 1 N–H and O–H groups in total. The summed E-state index contributed by atoms with van der Waals surface area (Å²) in [6, 6.07) is 24.1. The third kappa shape index (κ3) is 6.49. The second-order valence-electron chi connectivity index (χ2n) is 10.5. The normalized spacial score (nSPS) is 18.5. The number of rotatable bonds is 9. The van der Waals surface area contributed by atoms with E-state index in [1.165, 1.54) is 41.8 Å². The maximum atomic E-state index is 13.5. The summed E-state index contributed by atoms with van der Waals surface area (Å²) in [4.78, 5) is 14.1. The number of nitrogens with one attached hydrogen (secondary N) is 1. The van der Waals surface area contributed by atoms with E-state index in [-0.39, 0.29) is 16.6 Å². The summed E-state index contributed by atoms with van der Waals surface area (Å²) < 4.78 is 28.5. The summed E-state index contributed by atoms with van der Waals surface area (Å²) in [5.41, 5.74) is 2.14. The molecule has 206 valence electrons. The van der Waals surface area contributed by atoms with Gasteiger partial charge in [0.15, 0.2) is 0 Å². The zero-order valence-electron chi connectivity index (χ0n) is 22.1. The van der Waals surface area contributed by atoms with Gasteiger partial charge in [0.05, 0.1) is 15.9 Å². The number of likely N-dealkylation sites (tertiary alicyclic amines) is 1. The number of sulfonamides is 1. The molecule has 8 nitrogen and oxygen atoms in total. The molecule has 2 fully saturated rings. The van der Waals surface area contributed by atoms with E-state index in [0.717, 1.165) is 37.1 Å². The first kappa shape index (κ1) is 27.3.